The number of thioether (sulfide) groups is 1. The minimum absolute atomic E-state index is 0.228. The van der Waals surface area contributed by atoms with E-state index in [1.54, 1.807) is 30.0 Å². The quantitative estimate of drug-likeness (QED) is 0.774. The maximum atomic E-state index is 8.76. The molecule has 0 spiro atoms. The maximum Gasteiger partial charge on any atom is 0.156 e. The van der Waals surface area contributed by atoms with Crippen LogP contribution in [0, 0.1) is 0 Å². The van der Waals surface area contributed by atoms with Crippen molar-refractivity contribution in [1.82, 2.24) is 0 Å². The van der Waals surface area contributed by atoms with Gasteiger partial charge in [-0.05, 0) is 18.6 Å². The second kappa shape index (κ2) is 8.09. The molecule has 17 heavy (non-hydrogen) atoms. The Bertz CT molecular complexity index is 327. The van der Waals surface area contributed by atoms with Crippen LogP contribution < -0.4 is 4.74 Å². The van der Waals surface area contributed by atoms with Gasteiger partial charge in [-0.25, -0.2) is 0 Å². The summed E-state index contributed by atoms with van der Waals surface area (Å²) >= 11 is 13.7. The first kappa shape index (κ1) is 15.0. The SMILES string of the molecule is CC(CCO)SCCOc1c(Cl)cccc1Cl. The minimum Gasteiger partial charge on any atom is -0.490 e. The molecule has 1 aromatic carbocycles. The van der Waals surface area contributed by atoms with Crippen LogP contribution in [0.3, 0.4) is 0 Å². The lowest BCUT2D eigenvalue weighted by Gasteiger charge is -2.12. The van der Waals surface area contributed by atoms with Gasteiger partial charge in [0.05, 0.1) is 16.7 Å². The van der Waals surface area contributed by atoms with E-state index in [9.17, 15) is 0 Å². The highest BCUT2D eigenvalue weighted by Crippen LogP contribution is 2.32. The molecule has 1 rings (SSSR count). The van der Waals surface area contributed by atoms with Gasteiger partial charge in [0, 0.05) is 17.6 Å². The number of ether oxygens (including phenoxy) is 1. The first-order valence-corrected chi connectivity index (χ1v) is 7.25. The number of aliphatic hydroxyl groups is 1. The molecule has 0 radical (unpaired) electrons. The van der Waals surface area contributed by atoms with Crippen LogP contribution >= 0.6 is 35.0 Å². The standard InChI is InChI=1S/C12H16Cl2O2S/c1-9(5-6-15)17-8-7-16-12-10(13)3-2-4-11(12)14/h2-4,9,15H,5-8H2,1H3. The number of para-hydroxylation sites is 1. The predicted octanol–water partition coefficient (Wildman–Crippen LogP) is 3.88. The van der Waals surface area contributed by atoms with E-state index < -0.39 is 0 Å². The van der Waals surface area contributed by atoms with Gasteiger partial charge in [0.15, 0.2) is 5.75 Å². The van der Waals surface area contributed by atoms with Crippen LogP contribution in [-0.2, 0) is 0 Å². The number of rotatable bonds is 7. The van der Waals surface area contributed by atoms with Gasteiger partial charge in [-0.1, -0.05) is 36.2 Å². The topological polar surface area (TPSA) is 29.5 Å². The summed E-state index contributed by atoms with van der Waals surface area (Å²) in [5.41, 5.74) is 0. The zero-order valence-electron chi connectivity index (χ0n) is 9.66. The van der Waals surface area contributed by atoms with Crippen LogP contribution in [0.15, 0.2) is 18.2 Å². The van der Waals surface area contributed by atoms with Crippen molar-refractivity contribution in [2.75, 3.05) is 19.0 Å². The lowest BCUT2D eigenvalue weighted by atomic mass is 10.3. The van der Waals surface area contributed by atoms with E-state index in [1.807, 2.05) is 0 Å². The van der Waals surface area contributed by atoms with E-state index in [0.29, 0.717) is 27.7 Å². The van der Waals surface area contributed by atoms with E-state index >= 15 is 0 Å². The van der Waals surface area contributed by atoms with Gasteiger partial charge in [-0.2, -0.15) is 11.8 Å². The Balaban J connectivity index is 2.31. The zero-order chi connectivity index (χ0) is 12.7. The van der Waals surface area contributed by atoms with Crippen molar-refractivity contribution in [3.63, 3.8) is 0 Å². The maximum absolute atomic E-state index is 8.76. The van der Waals surface area contributed by atoms with E-state index in [4.69, 9.17) is 33.0 Å². The molecule has 5 heteroatoms. The summed E-state index contributed by atoms with van der Waals surface area (Å²) in [5.74, 6) is 1.40. The van der Waals surface area contributed by atoms with Gasteiger partial charge in [0.2, 0.25) is 0 Å². The third kappa shape index (κ3) is 5.38. The molecule has 2 nitrogen and oxygen atoms in total. The zero-order valence-corrected chi connectivity index (χ0v) is 12.0. The van der Waals surface area contributed by atoms with E-state index in [0.717, 1.165) is 12.2 Å². The van der Waals surface area contributed by atoms with Crippen LogP contribution in [-0.4, -0.2) is 29.3 Å². The number of hydrogen-bond donors (Lipinski definition) is 1. The van der Waals surface area contributed by atoms with Crippen LogP contribution in [0.4, 0.5) is 0 Å². The largest absolute Gasteiger partial charge is 0.490 e. The molecule has 1 aromatic rings. The molecule has 0 amide bonds. The Labute approximate surface area is 116 Å². The molecule has 96 valence electrons. The Morgan fingerprint density at radius 2 is 2.00 bits per heavy atom. The molecular weight excluding hydrogens is 279 g/mol. The smallest absolute Gasteiger partial charge is 0.156 e. The molecule has 0 aromatic heterocycles. The van der Waals surface area contributed by atoms with Gasteiger partial charge in [0.1, 0.15) is 0 Å². The number of aliphatic hydroxyl groups excluding tert-OH is 1. The Morgan fingerprint density at radius 3 is 2.59 bits per heavy atom. The normalized spacial score (nSPS) is 12.5. The number of halogens is 2. The first-order chi connectivity index (χ1) is 8.15. The van der Waals surface area contributed by atoms with Crippen molar-refractivity contribution in [1.29, 1.82) is 0 Å². The second-order valence-corrected chi connectivity index (χ2v) is 5.95. The molecule has 1 unspecified atom stereocenters. The molecule has 1 N–H and O–H groups in total. The van der Waals surface area contributed by atoms with E-state index in [2.05, 4.69) is 6.92 Å². The van der Waals surface area contributed by atoms with Gasteiger partial charge in [-0.3, -0.25) is 0 Å². The predicted molar refractivity (Wildman–Crippen MR) is 75.6 cm³/mol. The highest BCUT2D eigenvalue weighted by atomic mass is 35.5. The summed E-state index contributed by atoms with van der Waals surface area (Å²) in [6, 6.07) is 5.30. The molecular formula is C12H16Cl2O2S. The van der Waals surface area contributed by atoms with Gasteiger partial charge in [0.25, 0.3) is 0 Å². The van der Waals surface area contributed by atoms with E-state index in [1.165, 1.54) is 0 Å². The Hall–Kier alpha value is -0.0900. The van der Waals surface area contributed by atoms with Crippen molar-refractivity contribution in [2.24, 2.45) is 0 Å². The van der Waals surface area contributed by atoms with Crippen molar-refractivity contribution >= 4 is 35.0 Å². The molecule has 0 fully saturated rings. The molecule has 0 aliphatic heterocycles. The fraction of sp³-hybridized carbons (Fsp3) is 0.500. The summed E-state index contributed by atoms with van der Waals surface area (Å²) in [6.45, 7) is 2.87. The second-order valence-electron chi connectivity index (χ2n) is 3.59. The minimum atomic E-state index is 0.228. The fourth-order valence-corrected chi connectivity index (χ4v) is 2.64. The van der Waals surface area contributed by atoms with Gasteiger partial charge in [-0.15, -0.1) is 0 Å². The fourth-order valence-electron chi connectivity index (χ4n) is 1.28. The lowest BCUT2D eigenvalue weighted by molar-refractivity contribution is 0.288. The molecule has 0 bridgehead atoms. The Kier molecular flexibility index (Phi) is 7.12. The number of benzene rings is 1. The summed E-state index contributed by atoms with van der Waals surface area (Å²) in [4.78, 5) is 0. The van der Waals surface area contributed by atoms with Gasteiger partial charge >= 0.3 is 0 Å². The first-order valence-electron chi connectivity index (χ1n) is 5.44. The van der Waals surface area contributed by atoms with Crippen LogP contribution in [0.5, 0.6) is 5.75 Å². The third-order valence-electron chi connectivity index (χ3n) is 2.19. The average molecular weight is 295 g/mol. The van der Waals surface area contributed by atoms with Crippen molar-refractivity contribution in [2.45, 2.75) is 18.6 Å². The van der Waals surface area contributed by atoms with Crippen molar-refractivity contribution < 1.29 is 9.84 Å². The van der Waals surface area contributed by atoms with Crippen LogP contribution in [0.25, 0.3) is 0 Å². The van der Waals surface area contributed by atoms with Crippen molar-refractivity contribution in [3.05, 3.63) is 28.2 Å². The van der Waals surface area contributed by atoms with Crippen LogP contribution in [0.1, 0.15) is 13.3 Å². The number of hydrogen-bond acceptors (Lipinski definition) is 3. The monoisotopic (exact) mass is 294 g/mol. The third-order valence-corrected chi connectivity index (χ3v) is 3.99. The summed E-state index contributed by atoms with van der Waals surface area (Å²) in [5, 5.41) is 10.3. The Morgan fingerprint density at radius 1 is 1.35 bits per heavy atom. The van der Waals surface area contributed by atoms with Gasteiger partial charge < -0.3 is 9.84 Å². The summed E-state index contributed by atoms with van der Waals surface area (Å²) in [6.07, 6.45) is 0.803. The molecule has 0 aliphatic rings. The van der Waals surface area contributed by atoms with Crippen LogP contribution in [0.2, 0.25) is 10.0 Å². The molecule has 0 saturated carbocycles. The molecule has 1 atom stereocenters. The van der Waals surface area contributed by atoms with Crippen molar-refractivity contribution in [3.8, 4) is 5.75 Å². The summed E-state index contributed by atoms with van der Waals surface area (Å²) in [7, 11) is 0. The summed E-state index contributed by atoms with van der Waals surface area (Å²) < 4.78 is 5.55. The highest BCUT2D eigenvalue weighted by molar-refractivity contribution is 7.99. The molecule has 0 heterocycles. The van der Waals surface area contributed by atoms with E-state index in [-0.39, 0.29) is 6.61 Å². The lowest BCUT2D eigenvalue weighted by Crippen LogP contribution is -2.06. The average Bonchev–Trinajstić information content (AvgIpc) is 2.28. The highest BCUT2D eigenvalue weighted by Gasteiger charge is 2.07. The molecule has 0 saturated heterocycles. The molecule has 0 aliphatic carbocycles.